The molecule has 0 radical (unpaired) electrons. The molecule has 1 atom stereocenters. The molecule has 6 heteroatoms. The van der Waals surface area contributed by atoms with Crippen LogP contribution in [0.15, 0.2) is 61.2 Å². The number of hydrogen-bond acceptors (Lipinski definition) is 4. The minimum Gasteiger partial charge on any atom is -0.335 e. The van der Waals surface area contributed by atoms with Crippen LogP contribution in [0.25, 0.3) is 5.69 Å². The average molecular weight is 333 g/mol. The molecule has 2 heterocycles. The van der Waals surface area contributed by atoms with Crippen LogP contribution in [0.4, 0.5) is 0 Å². The lowest BCUT2D eigenvalue weighted by Crippen LogP contribution is -2.27. The quantitative estimate of drug-likeness (QED) is 0.795. The summed E-state index contributed by atoms with van der Waals surface area (Å²) in [4.78, 5) is 18.1. The highest BCUT2D eigenvalue weighted by Gasteiger charge is 2.31. The maximum absolute atomic E-state index is 12.0. The van der Waals surface area contributed by atoms with Gasteiger partial charge in [-0.05, 0) is 29.7 Å². The Labute approximate surface area is 146 Å². The van der Waals surface area contributed by atoms with E-state index in [1.165, 1.54) is 11.9 Å². The van der Waals surface area contributed by atoms with Crippen molar-refractivity contribution >= 4 is 5.91 Å². The van der Waals surface area contributed by atoms with Gasteiger partial charge in [0, 0.05) is 6.54 Å². The second-order valence-electron chi connectivity index (χ2n) is 6.25. The van der Waals surface area contributed by atoms with E-state index in [1.807, 2.05) is 37.3 Å². The number of benzene rings is 2. The molecule has 1 aliphatic heterocycles. The summed E-state index contributed by atoms with van der Waals surface area (Å²) < 4.78 is 1.74. The fraction of sp³-hybridized carbons (Fsp3) is 0.211. The van der Waals surface area contributed by atoms with Crippen LogP contribution in [0.5, 0.6) is 0 Å². The SMILES string of the molecule is Cc1cc([C@H]2NC(=O)CN2Cc2ccccc2)ccc1-n1cncn1. The van der Waals surface area contributed by atoms with Gasteiger partial charge >= 0.3 is 0 Å². The largest absolute Gasteiger partial charge is 0.335 e. The molecule has 2 aromatic carbocycles. The van der Waals surface area contributed by atoms with Crippen LogP contribution in [-0.4, -0.2) is 32.1 Å². The fourth-order valence-corrected chi connectivity index (χ4v) is 3.26. The molecule has 0 bridgehead atoms. The molecule has 4 rings (SSSR count). The van der Waals surface area contributed by atoms with E-state index in [4.69, 9.17) is 0 Å². The molecule has 3 aromatic rings. The van der Waals surface area contributed by atoms with Gasteiger partial charge < -0.3 is 5.32 Å². The molecule has 126 valence electrons. The third kappa shape index (κ3) is 3.16. The van der Waals surface area contributed by atoms with Gasteiger partial charge in [0.15, 0.2) is 0 Å². The van der Waals surface area contributed by atoms with E-state index in [2.05, 4.69) is 38.5 Å². The Balaban J connectivity index is 1.61. The Hall–Kier alpha value is -2.99. The van der Waals surface area contributed by atoms with Gasteiger partial charge in [-0.15, -0.1) is 0 Å². The minimum atomic E-state index is -0.115. The second kappa shape index (κ2) is 6.49. The summed E-state index contributed by atoms with van der Waals surface area (Å²) in [6.45, 7) is 3.18. The molecular formula is C19H19N5O. The number of nitrogens with one attached hydrogen (secondary N) is 1. The van der Waals surface area contributed by atoms with Gasteiger partial charge in [0.05, 0.1) is 12.2 Å². The maximum Gasteiger partial charge on any atom is 0.235 e. The number of carbonyl (C=O) groups excluding carboxylic acids is 1. The molecule has 1 aromatic heterocycles. The van der Waals surface area contributed by atoms with Gasteiger partial charge in [-0.1, -0.05) is 42.5 Å². The average Bonchev–Trinajstić information content (AvgIpc) is 3.26. The highest BCUT2D eigenvalue weighted by Crippen LogP contribution is 2.26. The van der Waals surface area contributed by atoms with Gasteiger partial charge in [-0.25, -0.2) is 9.67 Å². The zero-order valence-electron chi connectivity index (χ0n) is 14.0. The number of hydrogen-bond donors (Lipinski definition) is 1. The lowest BCUT2D eigenvalue weighted by Gasteiger charge is -2.24. The van der Waals surface area contributed by atoms with Crippen molar-refractivity contribution < 1.29 is 4.79 Å². The van der Waals surface area contributed by atoms with Crippen LogP contribution in [-0.2, 0) is 11.3 Å². The zero-order valence-corrected chi connectivity index (χ0v) is 14.0. The Kier molecular flexibility index (Phi) is 4.03. The second-order valence-corrected chi connectivity index (χ2v) is 6.25. The molecule has 6 nitrogen and oxygen atoms in total. The normalized spacial score (nSPS) is 17.6. The number of rotatable bonds is 4. The lowest BCUT2D eigenvalue weighted by atomic mass is 10.1. The fourth-order valence-electron chi connectivity index (χ4n) is 3.26. The predicted molar refractivity (Wildman–Crippen MR) is 93.8 cm³/mol. The summed E-state index contributed by atoms with van der Waals surface area (Å²) in [6, 6.07) is 16.4. The minimum absolute atomic E-state index is 0.0546. The lowest BCUT2D eigenvalue weighted by molar-refractivity contribution is -0.118. The smallest absolute Gasteiger partial charge is 0.235 e. The van der Waals surface area contributed by atoms with Gasteiger partial charge in [-0.2, -0.15) is 5.10 Å². The van der Waals surface area contributed by atoms with Crippen molar-refractivity contribution in [3.05, 3.63) is 77.9 Å². The number of aromatic nitrogens is 3. The number of nitrogens with zero attached hydrogens (tertiary/aromatic N) is 4. The first kappa shape index (κ1) is 15.5. The monoisotopic (exact) mass is 333 g/mol. The summed E-state index contributed by atoms with van der Waals surface area (Å²) in [5, 5.41) is 7.26. The molecule has 1 N–H and O–H groups in total. The van der Waals surface area contributed by atoms with E-state index in [0.717, 1.165) is 23.4 Å². The molecule has 1 amide bonds. The molecule has 25 heavy (non-hydrogen) atoms. The first-order valence-electron chi connectivity index (χ1n) is 8.23. The van der Waals surface area contributed by atoms with Crippen molar-refractivity contribution in [3.8, 4) is 5.69 Å². The Morgan fingerprint density at radius 2 is 2.04 bits per heavy atom. The van der Waals surface area contributed by atoms with Crippen molar-refractivity contribution in [1.29, 1.82) is 0 Å². The van der Waals surface area contributed by atoms with Crippen LogP contribution in [0.3, 0.4) is 0 Å². The van der Waals surface area contributed by atoms with Crippen LogP contribution >= 0.6 is 0 Å². The zero-order chi connectivity index (χ0) is 17.2. The number of carbonyl (C=O) groups is 1. The first-order valence-corrected chi connectivity index (χ1v) is 8.23. The standard InChI is InChI=1S/C19H19N5O/c1-14-9-16(7-8-17(14)24-13-20-12-21-24)19-22-18(25)11-23(19)10-15-5-3-2-4-6-15/h2-9,12-13,19H,10-11H2,1H3,(H,22,25)/t19-/m0/s1. The summed E-state index contributed by atoms with van der Waals surface area (Å²) in [5.41, 5.74) is 4.34. The van der Waals surface area contributed by atoms with E-state index in [-0.39, 0.29) is 12.1 Å². The third-order valence-corrected chi connectivity index (χ3v) is 4.44. The van der Waals surface area contributed by atoms with E-state index in [0.29, 0.717) is 6.54 Å². The summed E-state index contributed by atoms with van der Waals surface area (Å²) in [6.07, 6.45) is 3.09. The number of aryl methyl sites for hydroxylation is 1. The summed E-state index contributed by atoms with van der Waals surface area (Å²) in [5.74, 6) is 0.0546. The Morgan fingerprint density at radius 3 is 2.76 bits per heavy atom. The molecule has 0 unspecified atom stereocenters. The van der Waals surface area contributed by atoms with Gasteiger partial charge in [0.2, 0.25) is 5.91 Å². The van der Waals surface area contributed by atoms with Gasteiger partial charge in [-0.3, -0.25) is 9.69 Å². The van der Waals surface area contributed by atoms with Crippen molar-refractivity contribution in [3.63, 3.8) is 0 Å². The molecule has 1 saturated heterocycles. The summed E-state index contributed by atoms with van der Waals surface area (Å²) >= 11 is 0. The Bertz CT molecular complexity index is 876. The molecule has 1 fully saturated rings. The van der Waals surface area contributed by atoms with Crippen molar-refractivity contribution in [1.82, 2.24) is 25.0 Å². The van der Waals surface area contributed by atoms with Gasteiger partial charge in [0.25, 0.3) is 0 Å². The highest BCUT2D eigenvalue weighted by molar-refractivity contribution is 5.80. The van der Waals surface area contributed by atoms with E-state index in [1.54, 1.807) is 11.0 Å². The van der Waals surface area contributed by atoms with E-state index in [9.17, 15) is 4.79 Å². The highest BCUT2D eigenvalue weighted by atomic mass is 16.2. The summed E-state index contributed by atoms with van der Waals surface area (Å²) in [7, 11) is 0. The number of amides is 1. The molecule has 0 spiro atoms. The Morgan fingerprint density at radius 1 is 1.20 bits per heavy atom. The van der Waals surface area contributed by atoms with Crippen molar-refractivity contribution in [2.24, 2.45) is 0 Å². The molecule has 0 aliphatic carbocycles. The van der Waals surface area contributed by atoms with Gasteiger partial charge in [0.1, 0.15) is 18.8 Å². The molecule has 1 aliphatic rings. The first-order chi connectivity index (χ1) is 12.2. The molecular weight excluding hydrogens is 314 g/mol. The van der Waals surface area contributed by atoms with Crippen molar-refractivity contribution in [2.75, 3.05) is 6.54 Å². The van der Waals surface area contributed by atoms with E-state index >= 15 is 0 Å². The predicted octanol–water partition coefficient (Wildman–Crippen LogP) is 2.21. The van der Waals surface area contributed by atoms with Crippen LogP contribution < -0.4 is 5.32 Å². The topological polar surface area (TPSA) is 63.1 Å². The van der Waals surface area contributed by atoms with Crippen LogP contribution in [0, 0.1) is 6.92 Å². The third-order valence-electron chi connectivity index (χ3n) is 4.44. The molecule has 0 saturated carbocycles. The van der Waals surface area contributed by atoms with Crippen LogP contribution in [0.1, 0.15) is 22.9 Å². The van der Waals surface area contributed by atoms with E-state index < -0.39 is 0 Å². The van der Waals surface area contributed by atoms with Crippen LogP contribution in [0.2, 0.25) is 0 Å². The van der Waals surface area contributed by atoms with Crippen molar-refractivity contribution in [2.45, 2.75) is 19.6 Å². The maximum atomic E-state index is 12.0.